The van der Waals surface area contributed by atoms with Crippen molar-refractivity contribution in [3.05, 3.63) is 89.4 Å². The first-order chi connectivity index (χ1) is 13.0. The summed E-state index contributed by atoms with van der Waals surface area (Å²) in [6.45, 7) is 1.68. The first-order valence-electron chi connectivity index (χ1n) is 8.41. The maximum atomic E-state index is 14.0. The first-order valence-corrected chi connectivity index (χ1v) is 8.41. The monoisotopic (exact) mass is 363 g/mol. The lowest BCUT2D eigenvalue weighted by Crippen LogP contribution is -2.08. The van der Waals surface area contributed by atoms with E-state index in [1.54, 1.807) is 6.92 Å². The van der Waals surface area contributed by atoms with E-state index in [2.05, 4.69) is 10.1 Å². The zero-order valence-electron chi connectivity index (χ0n) is 14.5. The number of para-hydroxylation sites is 1. The van der Waals surface area contributed by atoms with E-state index in [-0.39, 0.29) is 17.9 Å². The van der Waals surface area contributed by atoms with Crippen molar-refractivity contribution in [2.75, 3.05) is 0 Å². The SMILES string of the molecule is Cc1c(C(=O)Cc2ccc3ccccc3n2)cnn1-c1ccc(F)cc1F. The number of carbonyl (C=O) groups excluding carboxylic acids is 1. The third-order valence-electron chi connectivity index (χ3n) is 4.45. The minimum absolute atomic E-state index is 0.0942. The number of hydrogen-bond acceptors (Lipinski definition) is 3. The lowest BCUT2D eigenvalue weighted by Gasteiger charge is -2.07. The summed E-state index contributed by atoms with van der Waals surface area (Å²) in [5.74, 6) is -1.57. The van der Waals surface area contributed by atoms with Crippen LogP contribution in [0.2, 0.25) is 0 Å². The molecule has 0 spiro atoms. The number of hydrogen-bond donors (Lipinski definition) is 0. The Morgan fingerprint density at radius 1 is 1.07 bits per heavy atom. The zero-order chi connectivity index (χ0) is 19.0. The standard InChI is InChI=1S/C21H15F2N3O/c1-13-17(12-24-26(13)20-9-7-15(22)10-18(20)23)21(27)11-16-8-6-14-4-2-3-5-19(14)25-16/h2-10,12H,11H2,1H3. The van der Waals surface area contributed by atoms with Gasteiger partial charge in [0.15, 0.2) is 11.6 Å². The molecule has 4 aromatic rings. The molecule has 2 aromatic heterocycles. The third-order valence-corrected chi connectivity index (χ3v) is 4.45. The second-order valence-corrected chi connectivity index (χ2v) is 6.25. The van der Waals surface area contributed by atoms with Crippen LogP contribution in [0.15, 0.2) is 60.8 Å². The van der Waals surface area contributed by atoms with Crippen LogP contribution in [-0.4, -0.2) is 20.5 Å². The van der Waals surface area contributed by atoms with Gasteiger partial charge in [-0.15, -0.1) is 0 Å². The number of rotatable bonds is 4. The van der Waals surface area contributed by atoms with E-state index < -0.39 is 11.6 Å². The van der Waals surface area contributed by atoms with Crippen molar-refractivity contribution in [2.45, 2.75) is 13.3 Å². The van der Waals surface area contributed by atoms with Crippen LogP contribution < -0.4 is 0 Å². The molecule has 0 aliphatic rings. The molecule has 27 heavy (non-hydrogen) atoms. The average Bonchev–Trinajstić information content (AvgIpc) is 3.03. The van der Waals surface area contributed by atoms with E-state index in [0.717, 1.165) is 23.0 Å². The van der Waals surface area contributed by atoms with Crippen LogP contribution in [0.3, 0.4) is 0 Å². The van der Waals surface area contributed by atoms with Crippen molar-refractivity contribution >= 4 is 16.7 Å². The van der Waals surface area contributed by atoms with Gasteiger partial charge in [0.2, 0.25) is 0 Å². The van der Waals surface area contributed by atoms with Gasteiger partial charge in [-0.3, -0.25) is 9.78 Å². The van der Waals surface area contributed by atoms with Gasteiger partial charge in [0.05, 0.1) is 29.4 Å². The van der Waals surface area contributed by atoms with E-state index >= 15 is 0 Å². The van der Waals surface area contributed by atoms with Crippen molar-refractivity contribution in [3.8, 4) is 5.69 Å². The number of halogens is 2. The Morgan fingerprint density at radius 2 is 1.89 bits per heavy atom. The van der Waals surface area contributed by atoms with E-state index in [9.17, 15) is 13.6 Å². The molecule has 0 bridgehead atoms. The Hall–Kier alpha value is -3.41. The van der Waals surface area contributed by atoms with Crippen molar-refractivity contribution in [1.29, 1.82) is 0 Å². The number of aromatic nitrogens is 3. The van der Waals surface area contributed by atoms with Crippen LogP contribution in [0.1, 0.15) is 21.7 Å². The van der Waals surface area contributed by atoms with Crippen molar-refractivity contribution < 1.29 is 13.6 Å². The molecule has 0 saturated heterocycles. The van der Waals surface area contributed by atoms with E-state index in [0.29, 0.717) is 17.0 Å². The number of ketones is 1. The Balaban J connectivity index is 1.63. The second kappa shape index (κ2) is 6.72. The van der Waals surface area contributed by atoms with Gasteiger partial charge in [0.25, 0.3) is 0 Å². The predicted molar refractivity (Wildman–Crippen MR) is 98.0 cm³/mol. The summed E-state index contributed by atoms with van der Waals surface area (Å²) in [5.41, 5.74) is 2.44. The van der Waals surface area contributed by atoms with Gasteiger partial charge in [0.1, 0.15) is 11.5 Å². The summed E-state index contributed by atoms with van der Waals surface area (Å²) in [6, 6.07) is 14.7. The number of carbonyl (C=O) groups is 1. The van der Waals surface area contributed by atoms with Crippen LogP contribution in [0.25, 0.3) is 16.6 Å². The predicted octanol–water partition coefficient (Wildman–Crippen LogP) is 4.43. The van der Waals surface area contributed by atoms with Gasteiger partial charge in [-0.25, -0.2) is 13.5 Å². The van der Waals surface area contributed by atoms with Gasteiger partial charge < -0.3 is 0 Å². The van der Waals surface area contributed by atoms with Gasteiger partial charge in [-0.2, -0.15) is 5.10 Å². The first kappa shape index (κ1) is 17.0. The molecule has 2 aromatic carbocycles. The second-order valence-electron chi connectivity index (χ2n) is 6.25. The van der Waals surface area contributed by atoms with E-state index in [1.165, 1.54) is 16.9 Å². The van der Waals surface area contributed by atoms with Crippen LogP contribution >= 0.6 is 0 Å². The van der Waals surface area contributed by atoms with Crippen LogP contribution in [0, 0.1) is 18.6 Å². The summed E-state index contributed by atoms with van der Waals surface area (Å²) in [7, 11) is 0. The Labute approximate surface area is 154 Å². The number of benzene rings is 2. The fourth-order valence-corrected chi connectivity index (χ4v) is 3.05. The Kier molecular flexibility index (Phi) is 4.24. The molecule has 4 rings (SSSR count). The van der Waals surface area contributed by atoms with Crippen molar-refractivity contribution in [3.63, 3.8) is 0 Å². The number of pyridine rings is 1. The molecule has 0 fully saturated rings. The van der Waals surface area contributed by atoms with Crippen molar-refractivity contribution in [1.82, 2.24) is 14.8 Å². The van der Waals surface area contributed by atoms with Gasteiger partial charge in [0, 0.05) is 17.1 Å². The Bertz CT molecular complexity index is 1170. The highest BCUT2D eigenvalue weighted by atomic mass is 19.1. The summed E-state index contributed by atoms with van der Waals surface area (Å²) in [4.78, 5) is 17.2. The summed E-state index contributed by atoms with van der Waals surface area (Å²) in [5, 5.41) is 5.11. The number of nitrogens with zero attached hydrogens (tertiary/aromatic N) is 3. The highest BCUT2D eigenvalue weighted by Crippen LogP contribution is 2.20. The van der Waals surface area contributed by atoms with E-state index in [4.69, 9.17) is 0 Å². The molecule has 0 aliphatic heterocycles. The normalized spacial score (nSPS) is 11.1. The topological polar surface area (TPSA) is 47.8 Å². The molecule has 0 radical (unpaired) electrons. The quantitative estimate of drug-likeness (QED) is 0.504. The molecular formula is C21H15F2N3O. The fraction of sp³-hybridized carbons (Fsp3) is 0.0952. The molecule has 0 unspecified atom stereocenters. The fourth-order valence-electron chi connectivity index (χ4n) is 3.05. The smallest absolute Gasteiger partial charge is 0.172 e. The largest absolute Gasteiger partial charge is 0.294 e. The Morgan fingerprint density at radius 3 is 2.70 bits per heavy atom. The van der Waals surface area contributed by atoms with Crippen LogP contribution in [0.5, 0.6) is 0 Å². The van der Waals surface area contributed by atoms with Crippen molar-refractivity contribution in [2.24, 2.45) is 0 Å². The van der Waals surface area contributed by atoms with Gasteiger partial charge >= 0.3 is 0 Å². The average molecular weight is 363 g/mol. The minimum atomic E-state index is -0.739. The molecule has 0 saturated carbocycles. The summed E-state index contributed by atoms with van der Waals surface area (Å²) < 4.78 is 28.4. The van der Waals surface area contributed by atoms with Crippen LogP contribution in [-0.2, 0) is 6.42 Å². The molecule has 134 valence electrons. The van der Waals surface area contributed by atoms with E-state index in [1.807, 2.05) is 36.4 Å². The molecule has 4 nitrogen and oxygen atoms in total. The van der Waals surface area contributed by atoms with Gasteiger partial charge in [-0.05, 0) is 31.2 Å². The molecule has 0 amide bonds. The lowest BCUT2D eigenvalue weighted by atomic mass is 10.1. The van der Waals surface area contributed by atoms with Gasteiger partial charge in [-0.1, -0.05) is 24.3 Å². The molecule has 0 atom stereocenters. The molecule has 0 aliphatic carbocycles. The lowest BCUT2D eigenvalue weighted by molar-refractivity contribution is 0.0991. The molecule has 6 heteroatoms. The third kappa shape index (κ3) is 3.21. The maximum absolute atomic E-state index is 14.0. The number of fused-ring (bicyclic) bond motifs is 1. The molecular weight excluding hydrogens is 348 g/mol. The molecule has 0 N–H and O–H groups in total. The summed E-state index contributed by atoms with van der Waals surface area (Å²) >= 11 is 0. The highest BCUT2D eigenvalue weighted by Gasteiger charge is 2.18. The molecule has 2 heterocycles. The zero-order valence-corrected chi connectivity index (χ0v) is 14.5. The maximum Gasteiger partial charge on any atom is 0.172 e. The summed E-state index contributed by atoms with van der Waals surface area (Å²) in [6.07, 6.45) is 1.52. The van der Waals surface area contributed by atoms with Crippen LogP contribution in [0.4, 0.5) is 8.78 Å². The minimum Gasteiger partial charge on any atom is -0.294 e. The number of Topliss-reactive ketones (excluding diaryl/α,β-unsaturated/α-hetero) is 1. The highest BCUT2D eigenvalue weighted by molar-refractivity contribution is 5.98.